The van der Waals surface area contributed by atoms with Crippen LogP contribution in [0, 0.1) is 6.92 Å². The van der Waals surface area contributed by atoms with E-state index in [1.165, 1.54) is 72.0 Å². The van der Waals surface area contributed by atoms with Crippen molar-refractivity contribution in [3.8, 4) is 22.3 Å². The number of rotatable bonds is 2. The van der Waals surface area contributed by atoms with E-state index in [0.717, 1.165) is 5.57 Å². The minimum atomic E-state index is -0.0826. The molecule has 2 aliphatic rings. The predicted molar refractivity (Wildman–Crippen MR) is 158 cm³/mol. The smallest absolute Gasteiger partial charge is 0.0159 e. The van der Waals surface area contributed by atoms with Gasteiger partial charge in [0.2, 0.25) is 0 Å². The molecule has 0 atom stereocenters. The maximum Gasteiger partial charge on any atom is 0.0159 e. The first-order valence-corrected chi connectivity index (χ1v) is 13.3. The first-order valence-electron chi connectivity index (χ1n) is 13.3. The molecule has 0 unspecified atom stereocenters. The van der Waals surface area contributed by atoms with Gasteiger partial charge in [-0.2, -0.15) is 0 Å². The molecule has 7 rings (SSSR count). The van der Waals surface area contributed by atoms with Gasteiger partial charge in [-0.15, -0.1) is 0 Å². The van der Waals surface area contributed by atoms with E-state index in [-0.39, 0.29) is 10.8 Å². The molecule has 0 amide bonds. The molecule has 0 aliphatic heterocycles. The monoisotopic (exact) mass is 476 g/mol. The maximum atomic E-state index is 4.47. The zero-order chi connectivity index (χ0) is 25.7. The SMILES string of the molecule is C=C(c1ccc(C)cc1)c1ccc2c(c1)C(C)(C)c1cc3c(cc1-2)C(C)(C)c1ccc2ccccc2c1-3. The van der Waals surface area contributed by atoms with Crippen LogP contribution in [0.5, 0.6) is 0 Å². The highest BCUT2D eigenvalue weighted by molar-refractivity contribution is 6.03. The van der Waals surface area contributed by atoms with Crippen LogP contribution in [0.4, 0.5) is 0 Å². The number of hydrogen-bond acceptors (Lipinski definition) is 0. The van der Waals surface area contributed by atoms with E-state index in [4.69, 9.17) is 0 Å². The molecule has 0 fully saturated rings. The van der Waals surface area contributed by atoms with E-state index < -0.39 is 0 Å². The Morgan fingerprint density at radius 1 is 0.568 bits per heavy atom. The van der Waals surface area contributed by atoms with Crippen LogP contribution in [0.1, 0.15) is 66.6 Å². The molecular weight excluding hydrogens is 444 g/mol. The van der Waals surface area contributed by atoms with Gasteiger partial charge in [-0.25, -0.2) is 0 Å². The Hall–Kier alpha value is -3.90. The Kier molecular flexibility index (Phi) is 4.42. The zero-order valence-corrected chi connectivity index (χ0v) is 22.4. The van der Waals surface area contributed by atoms with Crippen molar-refractivity contribution in [1.82, 2.24) is 0 Å². The molecule has 5 aromatic rings. The third kappa shape index (κ3) is 2.96. The molecule has 37 heavy (non-hydrogen) atoms. The van der Waals surface area contributed by atoms with Crippen LogP contribution in [-0.4, -0.2) is 0 Å². The second-order valence-electron chi connectivity index (χ2n) is 12.0. The van der Waals surface area contributed by atoms with Crippen molar-refractivity contribution in [2.24, 2.45) is 0 Å². The average molecular weight is 477 g/mol. The highest BCUT2D eigenvalue weighted by Gasteiger charge is 2.42. The lowest BCUT2D eigenvalue weighted by Crippen LogP contribution is -2.17. The Morgan fingerprint density at radius 3 is 1.97 bits per heavy atom. The number of fused-ring (bicyclic) bond motifs is 8. The first kappa shape index (κ1) is 22.3. The summed E-state index contributed by atoms with van der Waals surface area (Å²) in [7, 11) is 0. The minimum Gasteiger partial charge on any atom is -0.0906 e. The van der Waals surface area contributed by atoms with Gasteiger partial charge in [-0.1, -0.05) is 113 Å². The average Bonchev–Trinajstić information content (AvgIpc) is 3.27. The summed E-state index contributed by atoms with van der Waals surface area (Å²) in [5.41, 5.74) is 15.9. The van der Waals surface area contributed by atoms with Crippen LogP contribution in [0.15, 0.2) is 97.6 Å². The lowest BCUT2D eigenvalue weighted by molar-refractivity contribution is 0.652. The van der Waals surface area contributed by atoms with Crippen LogP contribution in [-0.2, 0) is 10.8 Å². The molecular formula is C37H32. The van der Waals surface area contributed by atoms with Crippen molar-refractivity contribution in [2.75, 3.05) is 0 Å². The number of aryl methyl sites for hydroxylation is 1. The third-order valence-electron chi connectivity index (χ3n) is 9.11. The van der Waals surface area contributed by atoms with Gasteiger partial charge < -0.3 is 0 Å². The summed E-state index contributed by atoms with van der Waals surface area (Å²) in [6.07, 6.45) is 0. The van der Waals surface area contributed by atoms with Gasteiger partial charge in [0.05, 0.1) is 0 Å². The maximum absolute atomic E-state index is 4.47. The lowest BCUT2D eigenvalue weighted by Gasteiger charge is -2.24. The fourth-order valence-electron chi connectivity index (χ4n) is 6.84. The second kappa shape index (κ2) is 7.33. The third-order valence-corrected chi connectivity index (χ3v) is 9.11. The van der Waals surface area contributed by atoms with Gasteiger partial charge in [-0.05, 0) is 97.1 Å². The Labute approximate surface area is 220 Å². The molecule has 0 aromatic heterocycles. The van der Waals surface area contributed by atoms with E-state index in [9.17, 15) is 0 Å². The van der Waals surface area contributed by atoms with Gasteiger partial charge in [0.1, 0.15) is 0 Å². The van der Waals surface area contributed by atoms with Crippen LogP contribution in [0.2, 0.25) is 0 Å². The van der Waals surface area contributed by atoms with Crippen LogP contribution in [0.25, 0.3) is 38.6 Å². The summed E-state index contributed by atoms with van der Waals surface area (Å²) < 4.78 is 0. The van der Waals surface area contributed by atoms with Gasteiger partial charge in [0, 0.05) is 10.8 Å². The highest BCUT2D eigenvalue weighted by atomic mass is 14.4. The van der Waals surface area contributed by atoms with Gasteiger partial charge in [0.15, 0.2) is 0 Å². The fourth-order valence-corrected chi connectivity index (χ4v) is 6.84. The summed E-state index contributed by atoms with van der Waals surface area (Å²) in [5, 5.41) is 2.67. The van der Waals surface area contributed by atoms with Crippen LogP contribution < -0.4 is 0 Å². The molecule has 0 saturated carbocycles. The molecule has 0 saturated heterocycles. The molecule has 0 spiro atoms. The van der Waals surface area contributed by atoms with Crippen molar-refractivity contribution in [3.05, 3.63) is 137 Å². The van der Waals surface area contributed by atoms with E-state index in [2.05, 4.69) is 132 Å². The van der Waals surface area contributed by atoms with Crippen molar-refractivity contribution < 1.29 is 0 Å². The molecule has 180 valence electrons. The molecule has 0 heterocycles. The van der Waals surface area contributed by atoms with Crippen LogP contribution >= 0.6 is 0 Å². The van der Waals surface area contributed by atoms with Gasteiger partial charge in [-0.3, -0.25) is 0 Å². The van der Waals surface area contributed by atoms with Crippen molar-refractivity contribution >= 4 is 16.3 Å². The summed E-state index contributed by atoms with van der Waals surface area (Å²) in [5.74, 6) is 0. The highest BCUT2D eigenvalue weighted by Crippen LogP contribution is 2.57. The summed E-state index contributed by atoms with van der Waals surface area (Å²) >= 11 is 0. The fraction of sp³-hybridized carbons (Fsp3) is 0.189. The zero-order valence-electron chi connectivity index (χ0n) is 22.4. The summed E-state index contributed by atoms with van der Waals surface area (Å²) in [6, 6.07) is 34.1. The largest absolute Gasteiger partial charge is 0.0906 e. The molecule has 5 aromatic carbocycles. The molecule has 0 radical (unpaired) electrons. The molecule has 2 aliphatic carbocycles. The first-order chi connectivity index (χ1) is 17.7. The van der Waals surface area contributed by atoms with Crippen LogP contribution in [0.3, 0.4) is 0 Å². The molecule has 0 heteroatoms. The van der Waals surface area contributed by atoms with E-state index >= 15 is 0 Å². The summed E-state index contributed by atoms with van der Waals surface area (Å²) in [4.78, 5) is 0. The minimum absolute atomic E-state index is 0.0315. The Bertz CT molecular complexity index is 1770. The predicted octanol–water partition coefficient (Wildman–Crippen LogP) is 9.82. The Morgan fingerprint density at radius 2 is 1.19 bits per heavy atom. The van der Waals surface area contributed by atoms with E-state index in [0.29, 0.717) is 0 Å². The molecule has 0 nitrogen and oxygen atoms in total. The van der Waals surface area contributed by atoms with E-state index in [1.54, 1.807) is 0 Å². The van der Waals surface area contributed by atoms with Crippen molar-refractivity contribution in [2.45, 2.75) is 45.4 Å². The van der Waals surface area contributed by atoms with Crippen molar-refractivity contribution in [1.29, 1.82) is 0 Å². The quantitative estimate of drug-likeness (QED) is 0.238. The normalized spacial score (nSPS) is 15.7. The standard InChI is InChI=1S/C37H32/c1-22-11-13-24(14-12-22)23(2)26-15-17-28-29-20-34-30(21-33(29)37(5,6)32(28)19-26)35-27-10-8-7-9-25(27)16-18-31(35)36(34,3)4/h7-21H,2H2,1,3-6H3. The van der Waals surface area contributed by atoms with Gasteiger partial charge >= 0.3 is 0 Å². The number of benzene rings is 5. The molecule has 0 bridgehead atoms. The van der Waals surface area contributed by atoms with E-state index in [1.807, 2.05) is 0 Å². The molecule has 0 N–H and O–H groups in total. The lowest BCUT2D eigenvalue weighted by atomic mass is 9.79. The summed E-state index contributed by atoms with van der Waals surface area (Å²) in [6.45, 7) is 16.1. The Balaban J connectivity index is 1.41. The van der Waals surface area contributed by atoms with Crippen molar-refractivity contribution in [3.63, 3.8) is 0 Å². The second-order valence-corrected chi connectivity index (χ2v) is 12.0. The topological polar surface area (TPSA) is 0 Å². The number of hydrogen-bond donors (Lipinski definition) is 0. The van der Waals surface area contributed by atoms with Gasteiger partial charge in [0.25, 0.3) is 0 Å².